The summed E-state index contributed by atoms with van der Waals surface area (Å²) >= 11 is 0. The van der Waals surface area contributed by atoms with Gasteiger partial charge in [0.15, 0.2) is 0 Å². The number of carbonyl (C=O) groups is 1. The van der Waals surface area contributed by atoms with Crippen molar-refractivity contribution >= 4 is 5.91 Å². The second-order valence-corrected chi connectivity index (χ2v) is 5.47. The first-order valence-electron chi connectivity index (χ1n) is 6.84. The van der Waals surface area contributed by atoms with Gasteiger partial charge in [-0.1, -0.05) is 6.92 Å². The fraction of sp³-hybridized carbons (Fsp3) is 0.714. The highest BCUT2D eigenvalue weighted by Gasteiger charge is 2.29. The zero-order valence-electron chi connectivity index (χ0n) is 12.2. The third kappa shape index (κ3) is 2.97. The van der Waals surface area contributed by atoms with Crippen molar-refractivity contribution in [2.75, 3.05) is 20.2 Å². The van der Waals surface area contributed by atoms with Gasteiger partial charge in [-0.05, 0) is 26.2 Å². The summed E-state index contributed by atoms with van der Waals surface area (Å²) in [6, 6.07) is 0. The van der Waals surface area contributed by atoms with E-state index in [0.717, 1.165) is 29.9 Å². The quantitative estimate of drug-likeness (QED) is 0.900. The fourth-order valence-corrected chi connectivity index (χ4v) is 2.66. The molecule has 2 atom stereocenters. The summed E-state index contributed by atoms with van der Waals surface area (Å²) < 4.78 is 5.45. The maximum Gasteiger partial charge on any atom is 0.227 e. The molecule has 1 aliphatic heterocycles. The van der Waals surface area contributed by atoms with E-state index < -0.39 is 0 Å². The van der Waals surface area contributed by atoms with Crippen LogP contribution < -0.4 is 0 Å². The van der Waals surface area contributed by atoms with Crippen LogP contribution in [0.1, 0.15) is 30.3 Å². The maximum atomic E-state index is 12.4. The number of nitrogens with one attached hydrogen (secondary N) is 1. The zero-order chi connectivity index (χ0) is 14.0. The number of aromatic amines is 1. The van der Waals surface area contributed by atoms with Crippen molar-refractivity contribution in [3.8, 4) is 0 Å². The molecule has 2 heterocycles. The standard InChI is InChI=1S/C14H23N3O2/c1-9-5-6-17(8-13(9)19-4)14(18)7-12-10(2)15-16-11(12)3/h9,13H,5-8H2,1-4H3,(H,15,16)/t9-,13+/m0/s1. The molecule has 5 nitrogen and oxygen atoms in total. The number of methoxy groups -OCH3 is 1. The Bertz CT molecular complexity index is 436. The summed E-state index contributed by atoms with van der Waals surface area (Å²) in [7, 11) is 1.72. The van der Waals surface area contributed by atoms with Crippen LogP contribution in [-0.4, -0.2) is 47.3 Å². The van der Waals surface area contributed by atoms with Crippen molar-refractivity contribution in [2.24, 2.45) is 5.92 Å². The molecule has 1 saturated heterocycles. The number of hydrogen-bond acceptors (Lipinski definition) is 3. The van der Waals surface area contributed by atoms with Gasteiger partial charge in [0.05, 0.1) is 18.2 Å². The van der Waals surface area contributed by atoms with E-state index in [1.807, 2.05) is 18.7 Å². The first kappa shape index (κ1) is 14.1. The van der Waals surface area contributed by atoms with E-state index >= 15 is 0 Å². The van der Waals surface area contributed by atoms with Crippen LogP contribution >= 0.6 is 0 Å². The van der Waals surface area contributed by atoms with Crippen molar-refractivity contribution < 1.29 is 9.53 Å². The highest BCUT2D eigenvalue weighted by molar-refractivity contribution is 5.79. The van der Waals surface area contributed by atoms with E-state index in [1.54, 1.807) is 7.11 Å². The molecule has 0 bridgehead atoms. The third-order valence-corrected chi connectivity index (χ3v) is 4.15. The number of aromatic nitrogens is 2. The summed E-state index contributed by atoms with van der Waals surface area (Å²) in [5.41, 5.74) is 2.93. The Morgan fingerprint density at radius 2 is 2.26 bits per heavy atom. The molecule has 1 aromatic rings. The van der Waals surface area contributed by atoms with Gasteiger partial charge in [-0.25, -0.2) is 0 Å². The number of piperidine rings is 1. The second kappa shape index (κ2) is 5.74. The Morgan fingerprint density at radius 3 is 2.84 bits per heavy atom. The number of amides is 1. The SMILES string of the molecule is CO[C@@H]1CN(C(=O)Cc2c(C)n[nH]c2C)CC[C@@H]1C. The molecule has 1 N–H and O–H groups in total. The predicted molar refractivity (Wildman–Crippen MR) is 72.9 cm³/mol. The smallest absolute Gasteiger partial charge is 0.227 e. The molecule has 2 rings (SSSR count). The Balaban J connectivity index is 2.01. The van der Waals surface area contributed by atoms with Crippen molar-refractivity contribution in [3.05, 3.63) is 17.0 Å². The number of ether oxygens (including phenoxy) is 1. The van der Waals surface area contributed by atoms with E-state index in [1.165, 1.54) is 0 Å². The summed E-state index contributed by atoms with van der Waals surface area (Å²) in [4.78, 5) is 14.3. The molecule has 1 amide bonds. The normalized spacial score (nSPS) is 23.7. The van der Waals surface area contributed by atoms with Gasteiger partial charge in [0.2, 0.25) is 5.91 Å². The summed E-state index contributed by atoms with van der Waals surface area (Å²) in [6.45, 7) is 7.60. The first-order chi connectivity index (χ1) is 9.02. The molecule has 0 spiro atoms. The topological polar surface area (TPSA) is 58.2 Å². The largest absolute Gasteiger partial charge is 0.379 e. The van der Waals surface area contributed by atoms with Crippen LogP contribution in [0.15, 0.2) is 0 Å². The van der Waals surface area contributed by atoms with Crippen molar-refractivity contribution in [1.82, 2.24) is 15.1 Å². The summed E-state index contributed by atoms with van der Waals surface area (Å²) in [5.74, 6) is 0.688. The van der Waals surface area contributed by atoms with Gasteiger partial charge < -0.3 is 9.64 Å². The highest BCUT2D eigenvalue weighted by atomic mass is 16.5. The lowest BCUT2D eigenvalue weighted by Crippen LogP contribution is -2.47. The van der Waals surface area contributed by atoms with Crippen LogP contribution in [0.25, 0.3) is 0 Å². The number of H-pyrrole nitrogens is 1. The number of nitrogens with zero attached hydrogens (tertiary/aromatic N) is 2. The lowest BCUT2D eigenvalue weighted by molar-refractivity contribution is -0.135. The van der Waals surface area contributed by atoms with Crippen LogP contribution in [0, 0.1) is 19.8 Å². The van der Waals surface area contributed by atoms with E-state index in [4.69, 9.17) is 4.74 Å². The van der Waals surface area contributed by atoms with Gasteiger partial charge in [-0.2, -0.15) is 5.10 Å². The van der Waals surface area contributed by atoms with Gasteiger partial charge >= 0.3 is 0 Å². The number of aryl methyl sites for hydroxylation is 2. The molecule has 5 heteroatoms. The number of hydrogen-bond donors (Lipinski definition) is 1. The molecule has 0 radical (unpaired) electrons. The molecule has 0 unspecified atom stereocenters. The Morgan fingerprint density at radius 1 is 1.53 bits per heavy atom. The molecular formula is C14H23N3O2. The van der Waals surface area contributed by atoms with Crippen LogP contribution in [0.3, 0.4) is 0 Å². The van der Waals surface area contributed by atoms with Crippen molar-refractivity contribution in [2.45, 2.75) is 39.7 Å². The van der Waals surface area contributed by atoms with Crippen LogP contribution in [0.5, 0.6) is 0 Å². The van der Waals surface area contributed by atoms with Crippen LogP contribution in [-0.2, 0) is 16.0 Å². The third-order valence-electron chi connectivity index (χ3n) is 4.15. The monoisotopic (exact) mass is 265 g/mol. The lowest BCUT2D eigenvalue weighted by atomic mass is 9.95. The van der Waals surface area contributed by atoms with E-state index in [2.05, 4.69) is 17.1 Å². The minimum absolute atomic E-state index is 0.157. The van der Waals surface area contributed by atoms with Crippen LogP contribution in [0.4, 0.5) is 0 Å². The molecule has 1 aliphatic rings. The number of rotatable bonds is 3. The van der Waals surface area contributed by atoms with E-state index in [0.29, 0.717) is 18.9 Å². The highest BCUT2D eigenvalue weighted by Crippen LogP contribution is 2.21. The molecule has 0 saturated carbocycles. The van der Waals surface area contributed by atoms with Gasteiger partial charge in [0, 0.05) is 31.5 Å². The average molecular weight is 265 g/mol. The van der Waals surface area contributed by atoms with E-state index in [9.17, 15) is 4.79 Å². The van der Waals surface area contributed by atoms with E-state index in [-0.39, 0.29) is 12.0 Å². The fourth-order valence-electron chi connectivity index (χ4n) is 2.66. The van der Waals surface area contributed by atoms with Crippen LogP contribution in [0.2, 0.25) is 0 Å². The van der Waals surface area contributed by atoms with Crippen molar-refractivity contribution in [3.63, 3.8) is 0 Å². The molecule has 106 valence electrons. The summed E-state index contributed by atoms with van der Waals surface area (Å²) in [5, 5.41) is 7.06. The maximum absolute atomic E-state index is 12.4. The van der Waals surface area contributed by atoms with Crippen molar-refractivity contribution in [1.29, 1.82) is 0 Å². The molecule has 1 fully saturated rings. The molecular weight excluding hydrogens is 242 g/mol. The first-order valence-corrected chi connectivity index (χ1v) is 6.84. The Kier molecular flexibility index (Phi) is 4.24. The number of carbonyl (C=O) groups excluding carboxylic acids is 1. The minimum Gasteiger partial charge on any atom is -0.379 e. The predicted octanol–water partition coefficient (Wildman–Crippen LogP) is 1.45. The average Bonchev–Trinajstić information content (AvgIpc) is 2.71. The number of likely N-dealkylation sites (tertiary alicyclic amines) is 1. The summed E-state index contributed by atoms with van der Waals surface area (Å²) in [6.07, 6.45) is 1.59. The van der Waals surface area contributed by atoms with Gasteiger partial charge in [-0.3, -0.25) is 9.89 Å². The molecule has 19 heavy (non-hydrogen) atoms. The lowest BCUT2D eigenvalue weighted by Gasteiger charge is -2.36. The Hall–Kier alpha value is -1.36. The zero-order valence-corrected chi connectivity index (χ0v) is 12.2. The van der Waals surface area contributed by atoms with Gasteiger partial charge in [-0.15, -0.1) is 0 Å². The second-order valence-electron chi connectivity index (χ2n) is 5.47. The van der Waals surface area contributed by atoms with Gasteiger partial charge in [0.1, 0.15) is 0 Å². The minimum atomic E-state index is 0.157. The Labute approximate surface area is 114 Å². The molecule has 0 aliphatic carbocycles. The molecule has 1 aromatic heterocycles. The molecule has 0 aromatic carbocycles. The van der Waals surface area contributed by atoms with Gasteiger partial charge in [0.25, 0.3) is 0 Å².